The highest BCUT2D eigenvalue weighted by Gasteiger charge is 2.73. The molecule has 7 nitrogen and oxygen atoms in total. The van der Waals surface area contributed by atoms with Gasteiger partial charge in [-0.05, 0) is 86.1 Å². The van der Waals surface area contributed by atoms with Gasteiger partial charge >= 0.3 is 0 Å². The Morgan fingerprint density at radius 3 is 2.51 bits per heavy atom. The lowest BCUT2D eigenvalue weighted by Crippen LogP contribution is -2.61. The van der Waals surface area contributed by atoms with Gasteiger partial charge in [-0.2, -0.15) is 5.26 Å². The Morgan fingerprint density at radius 2 is 1.83 bits per heavy atom. The number of carbonyl (C=O) groups is 2. The Balaban J connectivity index is 1.55. The molecular weight excluding hydrogens is 543 g/mol. The Morgan fingerprint density at radius 1 is 1.12 bits per heavy atom. The third-order valence-corrected chi connectivity index (χ3v) is 10.6. The highest BCUT2D eigenvalue weighted by atomic mass is 35.5. The molecule has 3 atom stereocenters. The molecule has 0 aromatic heterocycles. The van der Waals surface area contributed by atoms with Crippen LogP contribution in [0.4, 0.5) is 10.1 Å². The number of rotatable bonds is 3. The first-order chi connectivity index (χ1) is 19.5. The molecule has 1 saturated heterocycles. The van der Waals surface area contributed by atoms with E-state index in [4.69, 9.17) is 11.6 Å². The summed E-state index contributed by atoms with van der Waals surface area (Å²) >= 11 is 6.32. The Hall–Kier alpha value is -2.99. The van der Waals surface area contributed by atoms with Crippen molar-refractivity contribution < 1.29 is 19.1 Å². The standard InChI is InChI=1S/C32H36ClFN4O3/c1-30(2)12-14-31(15-13-30)32(22-11-6-18(17-35)16-24(22)37-29(32)41)25(21-4-3-5-23(33)26(21)34)27(38-31)28(40)36-19-7-9-20(39)10-8-19/h3-6,11,16,19-20,25,27,38-39H,7-10,12-15H2,1-2H3,(H,36,40)(H,37,41)/t19-,20-,25-,27+,32+/m0/s1. The molecule has 2 saturated carbocycles. The van der Waals surface area contributed by atoms with Gasteiger partial charge < -0.3 is 15.7 Å². The van der Waals surface area contributed by atoms with E-state index < -0.39 is 28.7 Å². The lowest BCUT2D eigenvalue weighted by molar-refractivity contribution is -0.125. The second-order valence-electron chi connectivity index (χ2n) is 13.1. The first-order valence-corrected chi connectivity index (χ1v) is 15.0. The summed E-state index contributed by atoms with van der Waals surface area (Å²) in [4.78, 5) is 28.7. The van der Waals surface area contributed by atoms with Gasteiger partial charge in [-0.15, -0.1) is 0 Å². The summed E-state index contributed by atoms with van der Waals surface area (Å²) in [6.45, 7) is 4.41. The maximum Gasteiger partial charge on any atom is 0.238 e. The van der Waals surface area contributed by atoms with Gasteiger partial charge in [-0.25, -0.2) is 4.39 Å². The first-order valence-electron chi connectivity index (χ1n) is 14.6. The number of hydrogen-bond donors (Lipinski definition) is 4. The van der Waals surface area contributed by atoms with Crippen molar-refractivity contribution in [2.45, 2.75) is 100 Å². The highest BCUT2D eigenvalue weighted by molar-refractivity contribution is 6.30. The molecule has 0 unspecified atom stereocenters. The van der Waals surface area contributed by atoms with Gasteiger partial charge in [0.15, 0.2) is 0 Å². The van der Waals surface area contributed by atoms with Crippen LogP contribution in [0.15, 0.2) is 36.4 Å². The molecule has 0 radical (unpaired) electrons. The number of halogens is 2. The minimum Gasteiger partial charge on any atom is -0.393 e. The molecule has 2 aromatic carbocycles. The molecule has 2 aliphatic heterocycles. The number of benzene rings is 2. The van der Waals surface area contributed by atoms with E-state index in [9.17, 15) is 20.0 Å². The van der Waals surface area contributed by atoms with Crippen LogP contribution in [-0.2, 0) is 15.0 Å². The zero-order valence-electron chi connectivity index (χ0n) is 23.4. The summed E-state index contributed by atoms with van der Waals surface area (Å²) in [6, 6.07) is 11.0. The number of anilines is 1. The molecule has 2 aliphatic carbocycles. The molecule has 2 spiro atoms. The Kier molecular flexibility index (Phi) is 6.92. The van der Waals surface area contributed by atoms with Crippen LogP contribution in [0.1, 0.15) is 87.8 Å². The molecule has 2 aromatic rings. The fourth-order valence-electron chi connectivity index (χ4n) is 8.02. The van der Waals surface area contributed by atoms with Crippen LogP contribution in [0.2, 0.25) is 5.02 Å². The lowest BCUT2D eigenvalue weighted by atomic mass is 9.53. The topological polar surface area (TPSA) is 114 Å². The van der Waals surface area contributed by atoms with E-state index in [0.29, 0.717) is 55.3 Å². The van der Waals surface area contributed by atoms with Crippen LogP contribution in [-0.4, -0.2) is 40.6 Å². The maximum absolute atomic E-state index is 16.0. The number of nitriles is 1. The number of amides is 2. The third-order valence-electron chi connectivity index (χ3n) is 10.3. The number of aliphatic hydroxyl groups is 1. The van der Waals surface area contributed by atoms with Crippen LogP contribution in [0.5, 0.6) is 0 Å². The quantitative estimate of drug-likeness (QED) is 0.407. The number of aliphatic hydroxyl groups excluding tert-OH is 1. The number of fused-ring (bicyclic) bond motifs is 3. The first kappa shape index (κ1) is 28.1. The van der Waals surface area contributed by atoms with Gasteiger partial charge in [0.05, 0.1) is 28.8 Å². The molecule has 41 heavy (non-hydrogen) atoms. The summed E-state index contributed by atoms with van der Waals surface area (Å²) in [5, 5.41) is 29.4. The summed E-state index contributed by atoms with van der Waals surface area (Å²) in [7, 11) is 0. The van der Waals surface area contributed by atoms with Crippen LogP contribution in [0.25, 0.3) is 0 Å². The van der Waals surface area contributed by atoms with E-state index in [2.05, 4.69) is 35.9 Å². The molecule has 0 bridgehead atoms. The fraction of sp³-hybridized carbons (Fsp3) is 0.531. The van der Waals surface area contributed by atoms with E-state index >= 15 is 4.39 Å². The van der Waals surface area contributed by atoms with Crippen LogP contribution >= 0.6 is 11.6 Å². The minimum atomic E-state index is -1.32. The van der Waals surface area contributed by atoms with Gasteiger partial charge in [0.25, 0.3) is 0 Å². The average Bonchev–Trinajstić information content (AvgIpc) is 3.41. The number of hydrogen-bond acceptors (Lipinski definition) is 5. The molecule has 216 valence electrons. The fourth-order valence-corrected chi connectivity index (χ4v) is 8.21. The van der Waals surface area contributed by atoms with E-state index in [1.807, 2.05) is 0 Å². The molecule has 9 heteroatoms. The molecule has 2 heterocycles. The predicted molar refractivity (Wildman–Crippen MR) is 154 cm³/mol. The largest absolute Gasteiger partial charge is 0.393 e. The monoisotopic (exact) mass is 578 g/mol. The molecule has 4 aliphatic rings. The van der Waals surface area contributed by atoms with E-state index in [1.165, 1.54) is 6.07 Å². The van der Waals surface area contributed by atoms with Crippen LogP contribution < -0.4 is 16.0 Å². The smallest absolute Gasteiger partial charge is 0.238 e. The zero-order chi connectivity index (χ0) is 29.2. The zero-order valence-corrected chi connectivity index (χ0v) is 24.2. The Bertz CT molecular complexity index is 1440. The Labute approximate surface area is 244 Å². The van der Waals surface area contributed by atoms with E-state index in [-0.39, 0.29) is 40.0 Å². The van der Waals surface area contributed by atoms with Crippen molar-refractivity contribution in [1.82, 2.24) is 10.6 Å². The number of nitrogens with zero attached hydrogens (tertiary/aromatic N) is 1. The van der Waals surface area contributed by atoms with Gasteiger partial charge in [-0.3, -0.25) is 14.9 Å². The van der Waals surface area contributed by atoms with Crippen LogP contribution in [0, 0.1) is 22.6 Å². The molecule has 6 rings (SSSR count). The predicted octanol–water partition coefficient (Wildman–Crippen LogP) is 5.05. The summed E-state index contributed by atoms with van der Waals surface area (Å²) in [5.41, 5.74) is -0.275. The van der Waals surface area contributed by atoms with Crippen molar-refractivity contribution >= 4 is 29.1 Å². The van der Waals surface area contributed by atoms with Crippen LogP contribution in [0.3, 0.4) is 0 Å². The number of nitrogens with one attached hydrogen (secondary N) is 3. The minimum absolute atomic E-state index is 0.0524. The molecule has 2 amide bonds. The van der Waals surface area contributed by atoms with Crippen molar-refractivity contribution in [3.05, 3.63) is 63.9 Å². The SMILES string of the molecule is CC1(C)CCC2(CC1)N[C@@H](C(=O)N[C@H]1CC[C@H](O)CC1)[C@H](c1cccc(Cl)c1F)[C@]21C(=O)Nc2cc(C#N)ccc21. The van der Waals surface area contributed by atoms with E-state index in [0.717, 1.165) is 12.8 Å². The highest BCUT2D eigenvalue weighted by Crippen LogP contribution is 2.64. The average molecular weight is 579 g/mol. The summed E-state index contributed by atoms with van der Waals surface area (Å²) in [5.74, 6) is -2.12. The summed E-state index contributed by atoms with van der Waals surface area (Å²) in [6.07, 6.45) is 5.03. The lowest BCUT2D eigenvalue weighted by Gasteiger charge is -2.50. The van der Waals surface area contributed by atoms with E-state index in [1.54, 1.807) is 30.3 Å². The van der Waals surface area contributed by atoms with Gasteiger partial charge in [0.2, 0.25) is 11.8 Å². The van der Waals surface area contributed by atoms with Gasteiger partial charge in [0.1, 0.15) is 11.2 Å². The second-order valence-corrected chi connectivity index (χ2v) is 13.5. The molecular formula is C32H36ClFN4O3. The normalized spacial score (nSPS) is 31.5. The van der Waals surface area contributed by atoms with Gasteiger partial charge in [0, 0.05) is 23.2 Å². The summed E-state index contributed by atoms with van der Waals surface area (Å²) < 4.78 is 16.0. The van der Waals surface area contributed by atoms with Crippen molar-refractivity contribution in [1.29, 1.82) is 5.26 Å². The maximum atomic E-state index is 16.0. The van der Waals surface area contributed by atoms with Gasteiger partial charge in [-0.1, -0.05) is 43.6 Å². The van der Waals surface area contributed by atoms with Crippen molar-refractivity contribution in [2.75, 3.05) is 5.32 Å². The number of carbonyl (C=O) groups excluding carboxylic acids is 2. The van der Waals surface area contributed by atoms with Crippen molar-refractivity contribution in [3.8, 4) is 6.07 Å². The van der Waals surface area contributed by atoms with Crippen molar-refractivity contribution in [2.24, 2.45) is 5.41 Å². The molecule has 4 N–H and O–H groups in total. The third kappa shape index (κ3) is 4.36. The van der Waals surface area contributed by atoms with Crippen molar-refractivity contribution in [3.63, 3.8) is 0 Å². The molecule has 3 fully saturated rings. The second kappa shape index (κ2) is 10.1.